The molecule has 0 bridgehead atoms. The van der Waals surface area contributed by atoms with Crippen LogP contribution in [0.3, 0.4) is 0 Å². The lowest BCUT2D eigenvalue weighted by atomic mass is 10.0. The minimum atomic E-state index is -0.368. The second kappa shape index (κ2) is 6.66. The molecule has 2 nitrogen and oxygen atoms in total. The summed E-state index contributed by atoms with van der Waals surface area (Å²) in [5, 5.41) is 13.5. The summed E-state index contributed by atoms with van der Waals surface area (Å²) in [5.74, 6) is 0. The molecule has 0 fully saturated rings. The average molecular weight is 221 g/mol. The predicted octanol–water partition coefficient (Wildman–Crippen LogP) is 2.89. The largest absolute Gasteiger partial charge is 0.388 e. The molecule has 16 heavy (non-hydrogen) atoms. The van der Waals surface area contributed by atoms with E-state index < -0.39 is 0 Å². The molecule has 0 aromatic heterocycles. The molecule has 2 N–H and O–H groups in total. The Morgan fingerprint density at radius 1 is 1.12 bits per heavy atom. The third kappa shape index (κ3) is 4.33. The Labute approximate surface area is 98.7 Å². The zero-order valence-corrected chi connectivity index (χ0v) is 10.5. The van der Waals surface area contributed by atoms with Crippen LogP contribution in [0.1, 0.15) is 45.3 Å². The summed E-state index contributed by atoms with van der Waals surface area (Å²) in [5.41, 5.74) is 1.00. The Kier molecular flexibility index (Phi) is 5.50. The first kappa shape index (κ1) is 13.2. The monoisotopic (exact) mass is 221 g/mol. The molecule has 0 heterocycles. The highest BCUT2D eigenvalue weighted by atomic mass is 16.3. The quantitative estimate of drug-likeness (QED) is 0.774. The number of rotatable bonds is 6. The number of aliphatic hydroxyl groups is 1. The Morgan fingerprint density at radius 2 is 1.75 bits per heavy atom. The number of hydrogen-bond acceptors (Lipinski definition) is 2. The van der Waals surface area contributed by atoms with Gasteiger partial charge < -0.3 is 10.4 Å². The number of hydrogen-bond donors (Lipinski definition) is 2. The van der Waals surface area contributed by atoms with E-state index >= 15 is 0 Å². The molecule has 0 aliphatic carbocycles. The van der Waals surface area contributed by atoms with Gasteiger partial charge in [-0.1, -0.05) is 37.3 Å². The Hall–Kier alpha value is -0.860. The molecule has 0 aliphatic rings. The van der Waals surface area contributed by atoms with Crippen LogP contribution in [0.4, 0.5) is 0 Å². The van der Waals surface area contributed by atoms with Crippen molar-refractivity contribution in [3.63, 3.8) is 0 Å². The third-order valence-corrected chi connectivity index (χ3v) is 2.94. The van der Waals surface area contributed by atoms with Crippen LogP contribution in [0.25, 0.3) is 0 Å². The molecule has 0 amide bonds. The van der Waals surface area contributed by atoms with E-state index in [1.54, 1.807) is 0 Å². The minimum Gasteiger partial charge on any atom is -0.388 e. The van der Waals surface area contributed by atoms with Crippen molar-refractivity contribution in [1.29, 1.82) is 0 Å². The van der Waals surface area contributed by atoms with Gasteiger partial charge >= 0.3 is 0 Å². The van der Waals surface area contributed by atoms with E-state index in [2.05, 4.69) is 26.1 Å². The average Bonchev–Trinajstić information content (AvgIpc) is 2.29. The fourth-order valence-corrected chi connectivity index (χ4v) is 1.82. The normalized spacial score (nSPS) is 16.8. The molecule has 0 radical (unpaired) electrons. The Bertz CT molecular complexity index is 286. The molecule has 2 heteroatoms. The van der Waals surface area contributed by atoms with Crippen LogP contribution in [0.5, 0.6) is 0 Å². The SMILES string of the molecule is CCC(C)NC(C)CC(O)c1ccccc1. The van der Waals surface area contributed by atoms with E-state index in [-0.39, 0.29) is 6.10 Å². The van der Waals surface area contributed by atoms with E-state index in [9.17, 15) is 5.11 Å². The Balaban J connectivity index is 2.42. The maximum absolute atomic E-state index is 10.0. The molecule has 1 rings (SSSR count). The van der Waals surface area contributed by atoms with Gasteiger partial charge in [0.25, 0.3) is 0 Å². The van der Waals surface area contributed by atoms with Crippen LogP contribution in [0, 0.1) is 0 Å². The fourth-order valence-electron chi connectivity index (χ4n) is 1.82. The van der Waals surface area contributed by atoms with E-state index in [1.165, 1.54) is 0 Å². The zero-order valence-electron chi connectivity index (χ0n) is 10.5. The van der Waals surface area contributed by atoms with Crippen LogP contribution in [0.15, 0.2) is 30.3 Å². The van der Waals surface area contributed by atoms with E-state index in [0.29, 0.717) is 12.1 Å². The first-order valence-corrected chi connectivity index (χ1v) is 6.12. The summed E-state index contributed by atoms with van der Waals surface area (Å²) >= 11 is 0. The molecule has 1 aromatic rings. The van der Waals surface area contributed by atoms with Crippen molar-refractivity contribution in [2.45, 2.75) is 51.8 Å². The lowest BCUT2D eigenvalue weighted by Crippen LogP contribution is -2.35. The van der Waals surface area contributed by atoms with Gasteiger partial charge in [-0.25, -0.2) is 0 Å². The maximum atomic E-state index is 10.0. The number of aliphatic hydroxyl groups excluding tert-OH is 1. The van der Waals surface area contributed by atoms with Crippen molar-refractivity contribution < 1.29 is 5.11 Å². The first-order valence-electron chi connectivity index (χ1n) is 6.12. The summed E-state index contributed by atoms with van der Waals surface area (Å²) in [7, 11) is 0. The van der Waals surface area contributed by atoms with Gasteiger partial charge in [0.05, 0.1) is 6.10 Å². The van der Waals surface area contributed by atoms with E-state index in [4.69, 9.17) is 0 Å². The van der Waals surface area contributed by atoms with Crippen molar-refractivity contribution in [2.75, 3.05) is 0 Å². The van der Waals surface area contributed by atoms with Gasteiger partial charge in [-0.2, -0.15) is 0 Å². The maximum Gasteiger partial charge on any atom is 0.0804 e. The van der Waals surface area contributed by atoms with Crippen LogP contribution in [0.2, 0.25) is 0 Å². The molecule has 90 valence electrons. The molecular weight excluding hydrogens is 198 g/mol. The third-order valence-electron chi connectivity index (χ3n) is 2.94. The first-order chi connectivity index (χ1) is 7.63. The van der Waals surface area contributed by atoms with Gasteiger partial charge in [-0.3, -0.25) is 0 Å². The van der Waals surface area contributed by atoms with E-state index in [1.807, 2.05) is 30.3 Å². The summed E-state index contributed by atoms with van der Waals surface area (Å²) in [4.78, 5) is 0. The summed E-state index contributed by atoms with van der Waals surface area (Å²) in [6, 6.07) is 10.7. The summed E-state index contributed by atoms with van der Waals surface area (Å²) in [6.45, 7) is 6.46. The smallest absolute Gasteiger partial charge is 0.0804 e. The predicted molar refractivity (Wildman–Crippen MR) is 68.4 cm³/mol. The van der Waals surface area contributed by atoms with Crippen LogP contribution >= 0.6 is 0 Å². The molecule has 0 spiro atoms. The zero-order chi connectivity index (χ0) is 12.0. The topological polar surface area (TPSA) is 32.3 Å². The summed E-state index contributed by atoms with van der Waals surface area (Å²) < 4.78 is 0. The second-order valence-corrected chi connectivity index (χ2v) is 4.54. The van der Waals surface area contributed by atoms with Crippen molar-refractivity contribution in [3.8, 4) is 0 Å². The summed E-state index contributed by atoms with van der Waals surface area (Å²) in [6.07, 6.45) is 1.51. The number of nitrogens with one attached hydrogen (secondary N) is 1. The van der Waals surface area contributed by atoms with Crippen molar-refractivity contribution in [3.05, 3.63) is 35.9 Å². The highest BCUT2D eigenvalue weighted by Crippen LogP contribution is 2.17. The minimum absolute atomic E-state index is 0.338. The lowest BCUT2D eigenvalue weighted by molar-refractivity contribution is 0.152. The standard InChI is InChI=1S/C14H23NO/c1-4-11(2)15-12(3)10-14(16)13-8-6-5-7-9-13/h5-9,11-12,14-16H,4,10H2,1-3H3. The Morgan fingerprint density at radius 3 is 2.31 bits per heavy atom. The van der Waals surface area contributed by atoms with Crippen LogP contribution in [-0.4, -0.2) is 17.2 Å². The van der Waals surface area contributed by atoms with Gasteiger partial charge in [-0.05, 0) is 32.3 Å². The second-order valence-electron chi connectivity index (χ2n) is 4.54. The molecule has 1 aromatic carbocycles. The molecule has 3 unspecified atom stereocenters. The van der Waals surface area contributed by atoms with Crippen LogP contribution in [-0.2, 0) is 0 Å². The molecule has 0 saturated carbocycles. The lowest BCUT2D eigenvalue weighted by Gasteiger charge is -2.21. The molecule has 0 saturated heterocycles. The molecule has 0 aliphatic heterocycles. The van der Waals surface area contributed by atoms with Crippen molar-refractivity contribution in [1.82, 2.24) is 5.32 Å². The number of benzene rings is 1. The van der Waals surface area contributed by atoms with E-state index in [0.717, 1.165) is 18.4 Å². The fraction of sp³-hybridized carbons (Fsp3) is 0.571. The van der Waals surface area contributed by atoms with Crippen LogP contribution < -0.4 is 5.32 Å². The highest BCUT2D eigenvalue weighted by Gasteiger charge is 2.13. The van der Waals surface area contributed by atoms with Gasteiger partial charge in [0, 0.05) is 12.1 Å². The molecular formula is C14H23NO. The van der Waals surface area contributed by atoms with Crippen molar-refractivity contribution in [2.24, 2.45) is 0 Å². The van der Waals surface area contributed by atoms with Gasteiger partial charge in [0.15, 0.2) is 0 Å². The van der Waals surface area contributed by atoms with Gasteiger partial charge in [0.2, 0.25) is 0 Å². The molecule has 3 atom stereocenters. The van der Waals surface area contributed by atoms with Gasteiger partial charge in [-0.15, -0.1) is 0 Å². The van der Waals surface area contributed by atoms with Crippen molar-refractivity contribution >= 4 is 0 Å². The van der Waals surface area contributed by atoms with Gasteiger partial charge in [0.1, 0.15) is 0 Å². The highest BCUT2D eigenvalue weighted by molar-refractivity contribution is 5.17.